The van der Waals surface area contributed by atoms with Crippen molar-refractivity contribution in [1.29, 1.82) is 0 Å². The molecule has 0 spiro atoms. The number of sulfone groups is 1. The van der Waals surface area contributed by atoms with E-state index in [2.05, 4.69) is 26.2 Å². The van der Waals surface area contributed by atoms with Crippen molar-refractivity contribution in [1.82, 2.24) is 4.98 Å². The minimum absolute atomic E-state index is 0.00231. The van der Waals surface area contributed by atoms with Gasteiger partial charge in [-0.25, -0.2) is 13.4 Å². The molecule has 1 aromatic heterocycles. The molecular weight excluding hydrogens is 436 g/mol. The van der Waals surface area contributed by atoms with Crippen LogP contribution in [0.1, 0.15) is 20.8 Å². The fourth-order valence-electron chi connectivity index (χ4n) is 2.42. The molecule has 3 aromatic rings. The number of amides is 1. The molecule has 26 heavy (non-hydrogen) atoms. The molecule has 1 amide bonds. The van der Waals surface area contributed by atoms with E-state index in [-0.39, 0.29) is 10.5 Å². The van der Waals surface area contributed by atoms with Gasteiger partial charge in [0.05, 0.1) is 10.5 Å². The number of carbonyl (C=O) groups excluding carboxylic acids is 1. The molecule has 0 aliphatic carbocycles. The van der Waals surface area contributed by atoms with E-state index in [1.165, 1.54) is 23.5 Å². The zero-order chi connectivity index (χ0) is 18.7. The fourth-order valence-corrected chi connectivity index (χ4v) is 4.56. The molecule has 0 saturated heterocycles. The van der Waals surface area contributed by atoms with Gasteiger partial charge in [-0.15, -0.1) is 11.3 Å². The summed E-state index contributed by atoms with van der Waals surface area (Å²) in [6, 6.07) is 14.0. The number of thiazole rings is 1. The molecule has 0 aliphatic heterocycles. The van der Waals surface area contributed by atoms with Gasteiger partial charge in [0.25, 0.3) is 5.91 Å². The topological polar surface area (TPSA) is 76.1 Å². The third-order valence-corrected chi connectivity index (χ3v) is 6.47. The fraction of sp³-hybridized carbons (Fsp3) is 0.111. The van der Waals surface area contributed by atoms with Gasteiger partial charge in [0.15, 0.2) is 15.0 Å². The molecule has 3 rings (SSSR count). The monoisotopic (exact) mass is 450 g/mol. The summed E-state index contributed by atoms with van der Waals surface area (Å²) in [6.07, 6.45) is 3.48. The molecule has 0 fully saturated rings. The van der Waals surface area contributed by atoms with Crippen molar-refractivity contribution in [3.63, 3.8) is 0 Å². The van der Waals surface area contributed by atoms with Gasteiger partial charge < -0.3 is 0 Å². The van der Waals surface area contributed by atoms with Crippen molar-refractivity contribution in [2.45, 2.75) is 11.3 Å². The average molecular weight is 451 g/mol. The van der Waals surface area contributed by atoms with Crippen molar-refractivity contribution < 1.29 is 13.2 Å². The Balaban J connectivity index is 1.78. The zero-order valence-electron chi connectivity index (χ0n) is 13.8. The molecule has 0 bridgehead atoms. The Morgan fingerprint density at radius 2 is 1.85 bits per heavy atom. The molecule has 0 saturated carbocycles. The van der Waals surface area contributed by atoms with Crippen LogP contribution in [0.2, 0.25) is 0 Å². The van der Waals surface area contributed by atoms with E-state index in [0.29, 0.717) is 11.6 Å². The Kier molecular flexibility index (Phi) is 5.55. The van der Waals surface area contributed by atoms with Crippen molar-refractivity contribution in [2.24, 2.45) is 0 Å². The first-order valence-corrected chi connectivity index (χ1v) is 11.1. The van der Waals surface area contributed by atoms with Crippen molar-refractivity contribution in [3.8, 4) is 0 Å². The smallest absolute Gasteiger partial charge is 0.258 e. The third kappa shape index (κ3) is 4.38. The number of aromatic nitrogens is 1. The van der Waals surface area contributed by atoms with Crippen LogP contribution in [0.25, 0.3) is 0 Å². The summed E-state index contributed by atoms with van der Waals surface area (Å²) in [4.78, 5) is 17.7. The van der Waals surface area contributed by atoms with Crippen LogP contribution < -0.4 is 5.32 Å². The number of carbonyl (C=O) groups is 1. The van der Waals surface area contributed by atoms with E-state index >= 15 is 0 Å². The van der Waals surface area contributed by atoms with Crippen LogP contribution in [0.5, 0.6) is 0 Å². The second-order valence-electron chi connectivity index (χ2n) is 5.62. The van der Waals surface area contributed by atoms with Crippen LogP contribution in [-0.2, 0) is 16.3 Å². The van der Waals surface area contributed by atoms with E-state index in [1.807, 2.05) is 24.3 Å². The van der Waals surface area contributed by atoms with Gasteiger partial charge in [0.2, 0.25) is 0 Å². The standard InChI is InChI=1S/C18H15BrN2O3S2/c1-26(23,24)16-9-5-3-7-14(16)17(22)21-18-20-11-13(25-18)10-12-6-2-4-8-15(12)19/h2-9,11H,10H2,1H3,(H,20,21,22). The molecule has 0 aliphatic rings. The summed E-state index contributed by atoms with van der Waals surface area (Å²) in [6.45, 7) is 0. The summed E-state index contributed by atoms with van der Waals surface area (Å²) in [7, 11) is -3.49. The maximum Gasteiger partial charge on any atom is 0.258 e. The molecule has 2 aromatic carbocycles. The quantitative estimate of drug-likeness (QED) is 0.633. The van der Waals surface area contributed by atoms with E-state index < -0.39 is 15.7 Å². The highest BCUT2D eigenvalue weighted by Gasteiger charge is 2.19. The summed E-state index contributed by atoms with van der Waals surface area (Å²) >= 11 is 4.87. The molecule has 1 heterocycles. The molecule has 0 unspecified atom stereocenters. The van der Waals surface area contributed by atoms with Crippen molar-refractivity contribution in [3.05, 3.63) is 75.2 Å². The molecule has 1 N–H and O–H groups in total. The lowest BCUT2D eigenvalue weighted by molar-refractivity contribution is 0.102. The van der Waals surface area contributed by atoms with Gasteiger partial charge in [-0.2, -0.15) is 0 Å². The Morgan fingerprint density at radius 3 is 2.58 bits per heavy atom. The van der Waals surface area contributed by atoms with Crippen LogP contribution in [0.4, 0.5) is 5.13 Å². The van der Waals surface area contributed by atoms with Crippen LogP contribution in [0.15, 0.2) is 64.1 Å². The molecule has 8 heteroatoms. The number of benzene rings is 2. The third-order valence-electron chi connectivity index (χ3n) is 3.63. The number of hydrogen-bond acceptors (Lipinski definition) is 5. The van der Waals surface area contributed by atoms with Crippen molar-refractivity contribution in [2.75, 3.05) is 11.6 Å². The van der Waals surface area contributed by atoms with Gasteiger partial charge in [-0.05, 0) is 23.8 Å². The van der Waals surface area contributed by atoms with Gasteiger partial charge in [0.1, 0.15) is 0 Å². The Labute approximate surface area is 164 Å². The Bertz CT molecular complexity index is 1060. The first-order valence-electron chi connectivity index (χ1n) is 7.63. The number of halogens is 1. The normalized spacial score (nSPS) is 11.3. The summed E-state index contributed by atoms with van der Waals surface area (Å²) in [5.74, 6) is -0.493. The summed E-state index contributed by atoms with van der Waals surface area (Å²) < 4.78 is 24.7. The lowest BCUT2D eigenvalue weighted by Crippen LogP contribution is -2.15. The van der Waals surface area contributed by atoms with E-state index in [9.17, 15) is 13.2 Å². The predicted octanol–water partition coefficient (Wildman–Crippen LogP) is 4.15. The van der Waals surface area contributed by atoms with Crippen LogP contribution in [-0.4, -0.2) is 25.6 Å². The highest BCUT2D eigenvalue weighted by atomic mass is 79.9. The molecule has 0 atom stereocenters. The number of rotatable bonds is 5. The number of nitrogens with one attached hydrogen (secondary N) is 1. The van der Waals surface area contributed by atoms with Crippen molar-refractivity contribution >= 4 is 48.1 Å². The molecule has 0 radical (unpaired) electrons. The largest absolute Gasteiger partial charge is 0.298 e. The van der Waals surface area contributed by atoms with Gasteiger partial charge >= 0.3 is 0 Å². The SMILES string of the molecule is CS(=O)(=O)c1ccccc1C(=O)Nc1ncc(Cc2ccccc2Br)s1. The first-order chi connectivity index (χ1) is 12.3. The van der Waals surface area contributed by atoms with Gasteiger partial charge in [-0.1, -0.05) is 46.3 Å². The van der Waals surface area contributed by atoms with Crippen LogP contribution in [0.3, 0.4) is 0 Å². The summed E-state index contributed by atoms with van der Waals surface area (Å²) in [5.41, 5.74) is 1.23. The molecule has 5 nitrogen and oxygen atoms in total. The minimum Gasteiger partial charge on any atom is -0.298 e. The molecule has 134 valence electrons. The number of anilines is 1. The lowest BCUT2D eigenvalue weighted by atomic mass is 10.1. The van der Waals surface area contributed by atoms with E-state index in [1.54, 1.807) is 18.3 Å². The highest BCUT2D eigenvalue weighted by Crippen LogP contribution is 2.26. The lowest BCUT2D eigenvalue weighted by Gasteiger charge is -2.07. The summed E-state index contributed by atoms with van der Waals surface area (Å²) in [5, 5.41) is 3.11. The van der Waals surface area contributed by atoms with Gasteiger partial charge in [0, 0.05) is 28.2 Å². The Morgan fingerprint density at radius 1 is 1.15 bits per heavy atom. The van der Waals surface area contributed by atoms with Crippen LogP contribution in [0, 0.1) is 0 Å². The second-order valence-corrected chi connectivity index (χ2v) is 9.58. The average Bonchev–Trinajstić information content (AvgIpc) is 3.03. The molecular formula is C18H15BrN2O3S2. The number of hydrogen-bond donors (Lipinski definition) is 1. The van der Waals surface area contributed by atoms with Gasteiger partial charge in [-0.3, -0.25) is 10.1 Å². The van der Waals surface area contributed by atoms with E-state index in [0.717, 1.165) is 21.2 Å². The van der Waals surface area contributed by atoms with Crippen LogP contribution >= 0.6 is 27.3 Å². The Hall–Kier alpha value is -2.03. The maximum atomic E-state index is 12.5. The predicted molar refractivity (Wildman–Crippen MR) is 107 cm³/mol. The first kappa shape index (κ1) is 18.8. The zero-order valence-corrected chi connectivity index (χ0v) is 17.0. The highest BCUT2D eigenvalue weighted by molar-refractivity contribution is 9.10. The second kappa shape index (κ2) is 7.69. The number of nitrogens with zero attached hydrogens (tertiary/aromatic N) is 1. The van der Waals surface area contributed by atoms with E-state index in [4.69, 9.17) is 0 Å². The minimum atomic E-state index is -3.49. The maximum absolute atomic E-state index is 12.5.